The molecule has 0 spiro atoms. The maximum Gasteiger partial charge on any atom is 0.234 e. The van der Waals surface area contributed by atoms with Gasteiger partial charge in [0.15, 0.2) is 0 Å². The van der Waals surface area contributed by atoms with E-state index in [1.165, 1.54) is 0 Å². The molecule has 7 nitrogen and oxygen atoms in total. The Morgan fingerprint density at radius 1 is 1.08 bits per heavy atom. The minimum absolute atomic E-state index is 0. The van der Waals surface area contributed by atoms with Gasteiger partial charge in [-0.1, -0.05) is 24.3 Å². The van der Waals surface area contributed by atoms with Crippen LogP contribution in [0.4, 0.5) is 5.69 Å². The first-order valence-electron chi connectivity index (χ1n) is 11.8. The van der Waals surface area contributed by atoms with Crippen LogP contribution in [0.25, 0.3) is 0 Å². The van der Waals surface area contributed by atoms with E-state index in [0.717, 1.165) is 29.0 Å². The molecule has 0 unspecified atom stereocenters. The molecule has 1 aliphatic heterocycles. The second-order valence-electron chi connectivity index (χ2n) is 10.1. The molecule has 3 aromatic rings. The molecular weight excluding hydrogens is 478 g/mol. The number of ether oxygens (including phenoxy) is 2. The van der Waals surface area contributed by atoms with Gasteiger partial charge in [0.25, 0.3) is 0 Å². The summed E-state index contributed by atoms with van der Waals surface area (Å²) < 4.78 is 11.7. The predicted molar refractivity (Wildman–Crippen MR) is 143 cm³/mol. The van der Waals surface area contributed by atoms with Crippen LogP contribution in [0.1, 0.15) is 38.8 Å². The number of carbonyl (C=O) groups excluding carboxylic acids is 1. The van der Waals surface area contributed by atoms with Gasteiger partial charge in [0.1, 0.15) is 24.2 Å². The molecule has 8 heteroatoms. The fraction of sp³-hybridized carbons (Fsp3) is 0.357. The number of β-amino-alcohol motifs (C(OH)–C–C–N with tert-alkyl or cyclic N) is 1. The Bertz CT molecular complexity index is 1170. The maximum atomic E-state index is 12.3. The van der Waals surface area contributed by atoms with Gasteiger partial charge in [-0.2, -0.15) is 0 Å². The van der Waals surface area contributed by atoms with Crippen LogP contribution in [0.3, 0.4) is 0 Å². The molecule has 1 atom stereocenters. The summed E-state index contributed by atoms with van der Waals surface area (Å²) in [7, 11) is 0. The van der Waals surface area contributed by atoms with Crippen LogP contribution in [0.5, 0.6) is 17.4 Å². The normalized spacial score (nSPS) is 14.9. The van der Waals surface area contributed by atoms with E-state index in [-0.39, 0.29) is 30.5 Å². The van der Waals surface area contributed by atoms with Crippen LogP contribution < -0.4 is 20.1 Å². The number of nitrogens with zero attached hydrogens (tertiary/aromatic N) is 1. The Balaban J connectivity index is 0.00000361. The molecular formula is C28H34ClN3O4. The van der Waals surface area contributed by atoms with E-state index >= 15 is 0 Å². The van der Waals surface area contributed by atoms with Crippen LogP contribution in [-0.4, -0.2) is 40.8 Å². The molecule has 3 N–H and O–H groups in total. The van der Waals surface area contributed by atoms with Gasteiger partial charge >= 0.3 is 0 Å². The third-order valence-corrected chi connectivity index (χ3v) is 6.14. The molecule has 0 radical (unpaired) electrons. The van der Waals surface area contributed by atoms with Crippen molar-refractivity contribution in [3.8, 4) is 17.4 Å². The van der Waals surface area contributed by atoms with Crippen LogP contribution in [0.2, 0.25) is 0 Å². The quantitative estimate of drug-likeness (QED) is 0.359. The van der Waals surface area contributed by atoms with Crippen molar-refractivity contribution < 1.29 is 19.4 Å². The second kappa shape index (κ2) is 11.3. The smallest absolute Gasteiger partial charge is 0.234 e. The molecule has 2 heterocycles. The number of amides is 1. The average molecular weight is 512 g/mol. The molecule has 0 fully saturated rings. The van der Waals surface area contributed by atoms with E-state index in [1.807, 2.05) is 74.5 Å². The largest absolute Gasteiger partial charge is 0.490 e. The standard InChI is InChI=1S/C28H33N3O4.ClH/c1-27(2,16-19-11-13-21(14-12-19)35-24-10-5-6-15-29-24)30-17-20(32)18-34-23-9-7-8-22-25(23)28(3,4)26(33)31-22;/h5-15,20,30,32H,16-18H2,1-4H3,(H,31,33);1H/t20-;/m0./s1. The molecule has 4 rings (SSSR count). The SMILES string of the molecule is CC(C)(Cc1ccc(Oc2ccccn2)cc1)NC[C@H](O)COc1cccc2c1C(C)(C)C(=O)N2.Cl. The first-order chi connectivity index (χ1) is 16.6. The zero-order valence-corrected chi connectivity index (χ0v) is 21.9. The highest BCUT2D eigenvalue weighted by Gasteiger charge is 2.41. The minimum Gasteiger partial charge on any atom is -0.490 e. The van der Waals surface area contributed by atoms with E-state index in [1.54, 1.807) is 6.20 Å². The number of hydrogen-bond donors (Lipinski definition) is 3. The number of fused-ring (bicyclic) bond motifs is 1. The summed E-state index contributed by atoms with van der Waals surface area (Å²) in [5.41, 5.74) is 1.84. The number of aliphatic hydroxyl groups is 1. The van der Waals surface area contributed by atoms with Gasteiger partial charge in [0.2, 0.25) is 11.8 Å². The van der Waals surface area contributed by atoms with Crippen molar-refractivity contribution in [2.75, 3.05) is 18.5 Å². The van der Waals surface area contributed by atoms with E-state index in [2.05, 4.69) is 29.5 Å². The lowest BCUT2D eigenvalue weighted by Gasteiger charge is -2.28. The van der Waals surface area contributed by atoms with Crippen molar-refractivity contribution in [3.05, 3.63) is 78.0 Å². The molecule has 0 aliphatic carbocycles. The number of benzene rings is 2. The Morgan fingerprint density at radius 3 is 2.53 bits per heavy atom. The minimum atomic E-state index is -0.701. The fourth-order valence-corrected chi connectivity index (χ4v) is 4.21. The van der Waals surface area contributed by atoms with Crippen molar-refractivity contribution >= 4 is 24.0 Å². The van der Waals surface area contributed by atoms with Gasteiger partial charge in [0.05, 0.1) is 5.41 Å². The molecule has 1 aromatic heterocycles. The summed E-state index contributed by atoms with van der Waals surface area (Å²) in [5, 5.41) is 16.9. The van der Waals surface area contributed by atoms with Gasteiger partial charge in [-0.25, -0.2) is 4.98 Å². The predicted octanol–water partition coefficient (Wildman–Crippen LogP) is 4.88. The molecule has 0 bridgehead atoms. The number of pyridine rings is 1. The molecule has 0 saturated heterocycles. The monoisotopic (exact) mass is 511 g/mol. The molecule has 36 heavy (non-hydrogen) atoms. The number of anilines is 1. The Labute approximate surface area is 218 Å². The Morgan fingerprint density at radius 2 is 1.83 bits per heavy atom. The highest BCUT2D eigenvalue weighted by molar-refractivity contribution is 6.06. The van der Waals surface area contributed by atoms with Gasteiger partial charge in [0, 0.05) is 35.6 Å². The number of hydrogen-bond acceptors (Lipinski definition) is 6. The third kappa shape index (κ3) is 6.55. The number of carbonyl (C=O) groups is 1. The molecule has 1 aliphatic rings. The van der Waals surface area contributed by atoms with Crippen LogP contribution in [0.15, 0.2) is 66.9 Å². The first-order valence-corrected chi connectivity index (χ1v) is 11.8. The van der Waals surface area contributed by atoms with Crippen molar-refractivity contribution in [2.45, 2.75) is 51.2 Å². The lowest BCUT2D eigenvalue weighted by molar-refractivity contribution is -0.119. The topological polar surface area (TPSA) is 92.7 Å². The van der Waals surface area contributed by atoms with Gasteiger partial charge in [-0.05, 0) is 70.0 Å². The van der Waals surface area contributed by atoms with Crippen molar-refractivity contribution in [3.63, 3.8) is 0 Å². The zero-order chi connectivity index (χ0) is 25.1. The van der Waals surface area contributed by atoms with E-state index in [9.17, 15) is 9.90 Å². The van der Waals surface area contributed by atoms with Gasteiger partial charge in [-0.3, -0.25) is 4.79 Å². The average Bonchev–Trinajstić information content (AvgIpc) is 3.07. The molecule has 192 valence electrons. The number of rotatable bonds is 10. The summed E-state index contributed by atoms with van der Waals surface area (Å²) in [4.78, 5) is 16.4. The lowest BCUT2D eigenvalue weighted by atomic mass is 9.85. The van der Waals surface area contributed by atoms with Crippen molar-refractivity contribution in [1.82, 2.24) is 10.3 Å². The summed E-state index contributed by atoms with van der Waals surface area (Å²) in [5.74, 6) is 1.87. The summed E-state index contributed by atoms with van der Waals surface area (Å²) in [6.07, 6.45) is 1.77. The first kappa shape index (κ1) is 27.5. The summed E-state index contributed by atoms with van der Waals surface area (Å²) in [6, 6.07) is 19.0. The van der Waals surface area contributed by atoms with Gasteiger partial charge in [-0.15, -0.1) is 12.4 Å². The van der Waals surface area contributed by atoms with E-state index < -0.39 is 11.5 Å². The van der Waals surface area contributed by atoms with Crippen LogP contribution in [0, 0.1) is 0 Å². The highest BCUT2D eigenvalue weighted by atomic mass is 35.5. The number of aromatic nitrogens is 1. The molecule has 1 amide bonds. The fourth-order valence-electron chi connectivity index (χ4n) is 4.21. The van der Waals surface area contributed by atoms with E-state index in [4.69, 9.17) is 9.47 Å². The summed E-state index contributed by atoms with van der Waals surface area (Å²) in [6.45, 7) is 8.45. The maximum absolute atomic E-state index is 12.3. The van der Waals surface area contributed by atoms with E-state index in [0.29, 0.717) is 18.2 Å². The number of halogens is 1. The number of aliphatic hydroxyl groups excluding tert-OH is 1. The molecule has 0 saturated carbocycles. The molecule has 2 aromatic carbocycles. The van der Waals surface area contributed by atoms with Crippen LogP contribution in [-0.2, 0) is 16.6 Å². The number of nitrogens with one attached hydrogen (secondary N) is 2. The Kier molecular flexibility index (Phi) is 8.61. The highest BCUT2D eigenvalue weighted by Crippen LogP contribution is 2.43. The van der Waals surface area contributed by atoms with Crippen molar-refractivity contribution in [2.24, 2.45) is 0 Å². The third-order valence-electron chi connectivity index (χ3n) is 6.14. The van der Waals surface area contributed by atoms with Crippen molar-refractivity contribution in [1.29, 1.82) is 0 Å². The van der Waals surface area contributed by atoms with Gasteiger partial charge < -0.3 is 25.2 Å². The Hall–Kier alpha value is -3.13. The second-order valence-corrected chi connectivity index (χ2v) is 10.1. The lowest BCUT2D eigenvalue weighted by Crippen LogP contribution is -2.46. The van der Waals surface area contributed by atoms with Crippen LogP contribution >= 0.6 is 12.4 Å². The zero-order valence-electron chi connectivity index (χ0n) is 21.1. The summed E-state index contributed by atoms with van der Waals surface area (Å²) >= 11 is 0.